The van der Waals surface area contributed by atoms with Crippen molar-refractivity contribution in [2.75, 3.05) is 19.8 Å². The van der Waals surface area contributed by atoms with Gasteiger partial charge in [-0.3, -0.25) is 4.79 Å². The van der Waals surface area contributed by atoms with Gasteiger partial charge in [-0.15, -0.1) is 11.3 Å². The van der Waals surface area contributed by atoms with E-state index in [9.17, 15) is 13.2 Å². The lowest BCUT2D eigenvalue weighted by Crippen LogP contribution is -2.28. The van der Waals surface area contributed by atoms with Gasteiger partial charge in [0.05, 0.1) is 16.4 Å². The average molecular weight is 324 g/mol. The van der Waals surface area contributed by atoms with Crippen molar-refractivity contribution in [3.05, 3.63) is 15.8 Å². The van der Waals surface area contributed by atoms with Crippen LogP contribution in [0.3, 0.4) is 0 Å². The fourth-order valence-corrected chi connectivity index (χ4v) is 4.47. The SMILES string of the molecule is Cc1sc(C(=O)NCC2CCOC2)cc1S(=O)(=O)Cl. The van der Waals surface area contributed by atoms with E-state index in [1.807, 2.05) is 0 Å². The first-order valence-electron chi connectivity index (χ1n) is 5.79. The third-order valence-electron chi connectivity index (χ3n) is 2.93. The van der Waals surface area contributed by atoms with Crippen LogP contribution in [0, 0.1) is 12.8 Å². The van der Waals surface area contributed by atoms with Crippen LogP contribution in [0.4, 0.5) is 0 Å². The Kier molecular flexibility index (Phi) is 4.50. The van der Waals surface area contributed by atoms with Crippen molar-refractivity contribution in [2.24, 2.45) is 5.92 Å². The van der Waals surface area contributed by atoms with Gasteiger partial charge in [-0.05, 0) is 19.4 Å². The maximum Gasteiger partial charge on any atom is 0.262 e. The highest BCUT2D eigenvalue weighted by molar-refractivity contribution is 8.13. The fourth-order valence-electron chi connectivity index (χ4n) is 1.89. The van der Waals surface area contributed by atoms with Crippen molar-refractivity contribution < 1.29 is 17.9 Å². The summed E-state index contributed by atoms with van der Waals surface area (Å²) in [5.74, 6) is 0.0628. The molecule has 1 N–H and O–H groups in total. The molecule has 106 valence electrons. The van der Waals surface area contributed by atoms with E-state index in [-0.39, 0.29) is 10.8 Å². The van der Waals surface area contributed by atoms with Crippen LogP contribution < -0.4 is 5.32 Å². The van der Waals surface area contributed by atoms with E-state index in [1.54, 1.807) is 6.92 Å². The second-order valence-electron chi connectivity index (χ2n) is 4.41. The van der Waals surface area contributed by atoms with Crippen LogP contribution in [0.5, 0.6) is 0 Å². The second kappa shape index (κ2) is 5.78. The summed E-state index contributed by atoms with van der Waals surface area (Å²) in [5, 5.41) is 2.79. The number of halogens is 1. The molecule has 1 aliphatic rings. The van der Waals surface area contributed by atoms with Gasteiger partial charge in [-0.1, -0.05) is 0 Å². The van der Waals surface area contributed by atoms with E-state index >= 15 is 0 Å². The minimum atomic E-state index is -3.79. The quantitative estimate of drug-likeness (QED) is 0.857. The van der Waals surface area contributed by atoms with Crippen LogP contribution in [0.15, 0.2) is 11.0 Å². The minimum absolute atomic E-state index is 0.00789. The van der Waals surface area contributed by atoms with Gasteiger partial charge in [-0.25, -0.2) is 8.42 Å². The van der Waals surface area contributed by atoms with Crippen LogP contribution in [0.25, 0.3) is 0 Å². The summed E-state index contributed by atoms with van der Waals surface area (Å²) < 4.78 is 27.8. The van der Waals surface area contributed by atoms with Crippen LogP contribution in [-0.4, -0.2) is 34.1 Å². The van der Waals surface area contributed by atoms with Crippen LogP contribution >= 0.6 is 22.0 Å². The summed E-state index contributed by atoms with van der Waals surface area (Å²) in [4.78, 5) is 12.8. The first-order valence-corrected chi connectivity index (χ1v) is 8.91. The number of nitrogens with one attached hydrogen (secondary N) is 1. The Labute approximate surface area is 120 Å². The molecule has 2 heterocycles. The molecule has 0 radical (unpaired) electrons. The highest BCUT2D eigenvalue weighted by atomic mass is 35.7. The van der Waals surface area contributed by atoms with Gasteiger partial charge < -0.3 is 10.1 Å². The topological polar surface area (TPSA) is 72.5 Å². The lowest BCUT2D eigenvalue weighted by Gasteiger charge is -2.08. The van der Waals surface area contributed by atoms with E-state index in [4.69, 9.17) is 15.4 Å². The van der Waals surface area contributed by atoms with E-state index in [0.29, 0.717) is 28.8 Å². The zero-order valence-electron chi connectivity index (χ0n) is 10.3. The Morgan fingerprint density at radius 1 is 1.63 bits per heavy atom. The molecule has 1 aromatic rings. The van der Waals surface area contributed by atoms with Gasteiger partial charge in [-0.2, -0.15) is 0 Å². The number of carbonyl (C=O) groups is 1. The third kappa shape index (κ3) is 3.68. The summed E-state index contributed by atoms with van der Waals surface area (Å²) in [6.07, 6.45) is 0.936. The van der Waals surface area contributed by atoms with Crippen LogP contribution in [0.2, 0.25) is 0 Å². The summed E-state index contributed by atoms with van der Waals surface area (Å²) in [6.45, 7) is 3.55. The smallest absolute Gasteiger partial charge is 0.262 e. The molecule has 1 atom stereocenters. The van der Waals surface area contributed by atoms with Gasteiger partial charge in [0.1, 0.15) is 0 Å². The Morgan fingerprint density at radius 3 is 2.89 bits per heavy atom. The molecule has 0 aliphatic carbocycles. The highest BCUT2D eigenvalue weighted by Crippen LogP contribution is 2.28. The lowest BCUT2D eigenvalue weighted by atomic mass is 10.1. The molecule has 1 aliphatic heterocycles. The maximum absolute atomic E-state index is 11.9. The molecule has 0 saturated carbocycles. The number of thiophene rings is 1. The molecular weight excluding hydrogens is 310 g/mol. The maximum atomic E-state index is 11.9. The molecule has 0 spiro atoms. The van der Waals surface area contributed by atoms with Crippen molar-refractivity contribution >= 4 is 37.0 Å². The van der Waals surface area contributed by atoms with Crippen molar-refractivity contribution in [3.63, 3.8) is 0 Å². The van der Waals surface area contributed by atoms with Gasteiger partial charge >= 0.3 is 0 Å². The summed E-state index contributed by atoms with van der Waals surface area (Å²) in [7, 11) is 1.50. The Hall–Kier alpha value is -0.630. The van der Waals surface area contributed by atoms with Crippen molar-refractivity contribution in [3.8, 4) is 0 Å². The normalized spacial score (nSPS) is 19.6. The molecule has 1 fully saturated rings. The fraction of sp³-hybridized carbons (Fsp3) is 0.545. The molecule has 19 heavy (non-hydrogen) atoms. The minimum Gasteiger partial charge on any atom is -0.381 e. The van der Waals surface area contributed by atoms with E-state index in [0.717, 1.165) is 24.4 Å². The summed E-state index contributed by atoms with van der Waals surface area (Å²) in [5.41, 5.74) is 0. The number of ether oxygens (including phenoxy) is 1. The molecule has 0 bridgehead atoms. The van der Waals surface area contributed by atoms with E-state index in [1.165, 1.54) is 6.07 Å². The molecule has 1 aromatic heterocycles. The molecule has 2 rings (SSSR count). The van der Waals surface area contributed by atoms with Gasteiger partial charge in [0.25, 0.3) is 15.0 Å². The van der Waals surface area contributed by atoms with Crippen LogP contribution in [0.1, 0.15) is 21.0 Å². The predicted molar refractivity (Wildman–Crippen MR) is 73.4 cm³/mol. The number of aryl methyl sites for hydroxylation is 1. The predicted octanol–water partition coefficient (Wildman–Crippen LogP) is 1.75. The number of amides is 1. The Bertz CT molecular complexity index is 576. The van der Waals surface area contributed by atoms with E-state index in [2.05, 4.69) is 5.32 Å². The van der Waals surface area contributed by atoms with E-state index < -0.39 is 9.05 Å². The molecule has 8 heteroatoms. The summed E-state index contributed by atoms with van der Waals surface area (Å²) in [6, 6.07) is 1.32. The van der Waals surface area contributed by atoms with Crippen molar-refractivity contribution in [2.45, 2.75) is 18.2 Å². The number of hydrogen-bond acceptors (Lipinski definition) is 5. The standard InChI is InChI=1S/C11H14ClNO4S2/c1-7-10(19(12,15)16)4-9(18-7)11(14)13-5-8-2-3-17-6-8/h4,8H,2-3,5-6H2,1H3,(H,13,14). The molecule has 5 nitrogen and oxygen atoms in total. The number of rotatable bonds is 4. The molecule has 1 amide bonds. The van der Waals surface area contributed by atoms with Crippen LogP contribution in [-0.2, 0) is 13.8 Å². The largest absolute Gasteiger partial charge is 0.381 e. The zero-order valence-corrected chi connectivity index (χ0v) is 12.7. The molecule has 1 unspecified atom stereocenters. The lowest BCUT2D eigenvalue weighted by molar-refractivity contribution is 0.0949. The van der Waals surface area contributed by atoms with Gasteiger partial charge in [0, 0.05) is 34.6 Å². The van der Waals surface area contributed by atoms with Crippen molar-refractivity contribution in [1.29, 1.82) is 0 Å². The number of carbonyl (C=O) groups excluding carboxylic acids is 1. The highest BCUT2D eigenvalue weighted by Gasteiger charge is 2.21. The first kappa shape index (κ1) is 14.8. The Balaban J connectivity index is 2.03. The monoisotopic (exact) mass is 323 g/mol. The summed E-state index contributed by atoms with van der Waals surface area (Å²) >= 11 is 1.12. The Morgan fingerprint density at radius 2 is 2.37 bits per heavy atom. The second-order valence-corrected chi connectivity index (χ2v) is 8.20. The zero-order chi connectivity index (χ0) is 14.0. The molecule has 0 aromatic carbocycles. The first-order chi connectivity index (χ1) is 8.88. The van der Waals surface area contributed by atoms with Crippen molar-refractivity contribution in [1.82, 2.24) is 5.32 Å². The molecule has 1 saturated heterocycles. The van der Waals surface area contributed by atoms with Gasteiger partial charge in [0.15, 0.2) is 0 Å². The average Bonchev–Trinajstić information content (AvgIpc) is 2.93. The van der Waals surface area contributed by atoms with Gasteiger partial charge in [0.2, 0.25) is 0 Å². The third-order valence-corrected chi connectivity index (χ3v) is 5.56. The number of hydrogen-bond donors (Lipinski definition) is 1. The molecular formula is C11H14ClNO4S2.